The van der Waals surface area contributed by atoms with Crippen molar-refractivity contribution in [1.82, 2.24) is 15.1 Å². The van der Waals surface area contributed by atoms with Gasteiger partial charge in [0.15, 0.2) is 0 Å². The van der Waals surface area contributed by atoms with Gasteiger partial charge in [0.05, 0.1) is 0 Å². The van der Waals surface area contributed by atoms with Gasteiger partial charge in [-0.25, -0.2) is 0 Å². The second kappa shape index (κ2) is 7.24. The topological polar surface area (TPSA) is 18.5 Å². The van der Waals surface area contributed by atoms with Crippen LogP contribution in [0, 0.1) is 5.41 Å². The molecule has 1 aliphatic rings. The van der Waals surface area contributed by atoms with E-state index in [0.29, 0.717) is 5.41 Å². The van der Waals surface area contributed by atoms with Crippen LogP contribution in [0.25, 0.3) is 0 Å². The molecule has 1 N–H and O–H groups in total. The van der Waals surface area contributed by atoms with E-state index in [4.69, 9.17) is 0 Å². The SMILES string of the molecule is CCC(C)(CNC(C)(C)C)CN(C)C1CCN(C)CC1. The maximum Gasteiger partial charge on any atom is 0.0117 e. The second-order valence-electron chi connectivity index (χ2n) is 8.22. The van der Waals surface area contributed by atoms with Crippen molar-refractivity contribution in [3.63, 3.8) is 0 Å². The molecule has 0 amide bonds. The summed E-state index contributed by atoms with van der Waals surface area (Å²) in [4.78, 5) is 5.06. The van der Waals surface area contributed by atoms with Crippen molar-refractivity contribution in [2.45, 2.75) is 65.5 Å². The third-order valence-corrected chi connectivity index (χ3v) is 4.84. The number of rotatable bonds is 6. The van der Waals surface area contributed by atoms with Crippen LogP contribution in [0.5, 0.6) is 0 Å². The second-order valence-corrected chi connectivity index (χ2v) is 8.22. The van der Waals surface area contributed by atoms with E-state index >= 15 is 0 Å². The first-order chi connectivity index (χ1) is 9.15. The van der Waals surface area contributed by atoms with Crippen molar-refractivity contribution in [3.05, 3.63) is 0 Å². The summed E-state index contributed by atoms with van der Waals surface area (Å²) in [6, 6.07) is 0.770. The standard InChI is InChI=1S/C17H37N3/c1-8-17(5,13-18-16(2,3)4)14-20(7)15-9-11-19(6)12-10-15/h15,18H,8-14H2,1-7H3. The molecule has 0 aromatic rings. The zero-order valence-corrected chi connectivity index (χ0v) is 14.9. The highest BCUT2D eigenvalue weighted by Gasteiger charge is 2.29. The predicted molar refractivity (Wildman–Crippen MR) is 89.3 cm³/mol. The molecule has 1 saturated heterocycles. The van der Waals surface area contributed by atoms with E-state index in [2.05, 4.69) is 63.8 Å². The minimum Gasteiger partial charge on any atom is -0.311 e. The Balaban J connectivity index is 2.49. The van der Waals surface area contributed by atoms with Gasteiger partial charge in [-0.1, -0.05) is 13.8 Å². The molecule has 1 aliphatic heterocycles. The maximum atomic E-state index is 3.69. The first kappa shape index (κ1) is 17.9. The average molecular weight is 284 g/mol. The number of nitrogens with one attached hydrogen (secondary N) is 1. The van der Waals surface area contributed by atoms with Crippen LogP contribution in [0.15, 0.2) is 0 Å². The van der Waals surface area contributed by atoms with E-state index in [9.17, 15) is 0 Å². The molecule has 1 unspecified atom stereocenters. The fourth-order valence-electron chi connectivity index (χ4n) is 2.94. The Morgan fingerprint density at radius 3 is 2.15 bits per heavy atom. The third kappa shape index (κ3) is 6.11. The van der Waals surface area contributed by atoms with E-state index in [1.54, 1.807) is 0 Å². The minimum absolute atomic E-state index is 0.211. The monoisotopic (exact) mass is 283 g/mol. The highest BCUT2D eigenvalue weighted by atomic mass is 15.2. The number of likely N-dealkylation sites (tertiary alicyclic amines) is 1. The Bertz CT molecular complexity index is 276. The van der Waals surface area contributed by atoms with Crippen molar-refractivity contribution in [2.75, 3.05) is 40.3 Å². The van der Waals surface area contributed by atoms with Crippen LogP contribution in [0.3, 0.4) is 0 Å². The van der Waals surface area contributed by atoms with Crippen LogP contribution in [0.2, 0.25) is 0 Å². The lowest BCUT2D eigenvalue weighted by molar-refractivity contribution is 0.0935. The van der Waals surface area contributed by atoms with E-state index in [1.165, 1.54) is 38.9 Å². The highest BCUT2D eigenvalue weighted by Crippen LogP contribution is 2.25. The summed E-state index contributed by atoms with van der Waals surface area (Å²) in [5, 5.41) is 3.69. The fraction of sp³-hybridized carbons (Fsp3) is 1.00. The van der Waals surface area contributed by atoms with Gasteiger partial charge >= 0.3 is 0 Å². The van der Waals surface area contributed by atoms with E-state index in [-0.39, 0.29) is 5.54 Å². The molecular weight excluding hydrogens is 246 g/mol. The molecule has 0 radical (unpaired) electrons. The van der Waals surface area contributed by atoms with Crippen molar-refractivity contribution in [2.24, 2.45) is 5.41 Å². The third-order valence-electron chi connectivity index (χ3n) is 4.84. The van der Waals surface area contributed by atoms with Crippen molar-refractivity contribution < 1.29 is 0 Å². The molecular formula is C17H37N3. The quantitative estimate of drug-likeness (QED) is 0.809. The summed E-state index contributed by atoms with van der Waals surface area (Å²) < 4.78 is 0. The molecule has 3 nitrogen and oxygen atoms in total. The van der Waals surface area contributed by atoms with Crippen LogP contribution >= 0.6 is 0 Å². The normalized spacial score (nSPS) is 22.2. The van der Waals surface area contributed by atoms with Crippen molar-refractivity contribution in [3.8, 4) is 0 Å². The summed E-state index contributed by atoms with van der Waals surface area (Å²) in [5.74, 6) is 0. The van der Waals surface area contributed by atoms with Gasteiger partial charge in [-0.15, -0.1) is 0 Å². The van der Waals surface area contributed by atoms with Crippen LogP contribution in [0.1, 0.15) is 53.9 Å². The maximum absolute atomic E-state index is 3.69. The zero-order chi connectivity index (χ0) is 15.4. The number of hydrogen-bond donors (Lipinski definition) is 1. The van der Waals surface area contributed by atoms with Crippen LogP contribution in [-0.4, -0.2) is 61.7 Å². The van der Waals surface area contributed by atoms with Gasteiger partial charge in [-0.3, -0.25) is 0 Å². The van der Waals surface area contributed by atoms with E-state index < -0.39 is 0 Å². The lowest BCUT2D eigenvalue weighted by Crippen LogP contribution is -2.50. The summed E-state index contributed by atoms with van der Waals surface area (Å²) in [7, 11) is 4.56. The Kier molecular flexibility index (Phi) is 6.49. The average Bonchev–Trinajstić information content (AvgIpc) is 2.36. The summed E-state index contributed by atoms with van der Waals surface area (Å²) >= 11 is 0. The Labute approximate surface area is 127 Å². The van der Waals surface area contributed by atoms with E-state index in [0.717, 1.165) is 12.6 Å². The van der Waals surface area contributed by atoms with Gasteiger partial charge in [0.25, 0.3) is 0 Å². The molecule has 1 atom stereocenters. The van der Waals surface area contributed by atoms with Gasteiger partial charge < -0.3 is 15.1 Å². The van der Waals surface area contributed by atoms with Gasteiger partial charge in [-0.2, -0.15) is 0 Å². The molecule has 0 aromatic carbocycles. The summed E-state index contributed by atoms with van der Waals surface area (Å²) in [6.45, 7) is 16.3. The van der Waals surface area contributed by atoms with Crippen molar-refractivity contribution in [1.29, 1.82) is 0 Å². The number of nitrogens with zero attached hydrogens (tertiary/aromatic N) is 2. The zero-order valence-electron chi connectivity index (χ0n) is 14.9. The molecule has 3 heteroatoms. The first-order valence-corrected chi connectivity index (χ1v) is 8.29. The Morgan fingerprint density at radius 1 is 1.15 bits per heavy atom. The molecule has 0 aromatic heterocycles. The van der Waals surface area contributed by atoms with Gasteiger partial charge in [0.2, 0.25) is 0 Å². The number of piperidine rings is 1. The van der Waals surface area contributed by atoms with Gasteiger partial charge in [0.1, 0.15) is 0 Å². The molecule has 0 spiro atoms. The summed E-state index contributed by atoms with van der Waals surface area (Å²) in [5.41, 5.74) is 0.577. The molecule has 1 fully saturated rings. The van der Waals surface area contributed by atoms with Crippen LogP contribution in [-0.2, 0) is 0 Å². The van der Waals surface area contributed by atoms with Crippen molar-refractivity contribution >= 4 is 0 Å². The minimum atomic E-state index is 0.211. The molecule has 120 valence electrons. The van der Waals surface area contributed by atoms with Crippen LogP contribution in [0.4, 0.5) is 0 Å². The predicted octanol–water partition coefficient (Wildman–Crippen LogP) is 2.82. The van der Waals surface area contributed by atoms with Crippen LogP contribution < -0.4 is 5.32 Å². The molecule has 0 bridgehead atoms. The largest absolute Gasteiger partial charge is 0.311 e. The van der Waals surface area contributed by atoms with E-state index in [1.807, 2.05) is 0 Å². The lowest BCUT2D eigenvalue weighted by Gasteiger charge is -2.41. The highest BCUT2D eigenvalue weighted by molar-refractivity contribution is 4.86. The molecule has 1 heterocycles. The Hall–Kier alpha value is -0.120. The summed E-state index contributed by atoms with van der Waals surface area (Å²) in [6.07, 6.45) is 3.87. The fourth-order valence-corrected chi connectivity index (χ4v) is 2.94. The molecule has 0 aliphatic carbocycles. The molecule has 0 saturated carbocycles. The Morgan fingerprint density at radius 2 is 1.70 bits per heavy atom. The molecule has 20 heavy (non-hydrogen) atoms. The number of hydrogen-bond acceptors (Lipinski definition) is 3. The smallest absolute Gasteiger partial charge is 0.0117 e. The molecule has 1 rings (SSSR count). The van der Waals surface area contributed by atoms with Gasteiger partial charge in [0, 0.05) is 24.7 Å². The lowest BCUT2D eigenvalue weighted by atomic mass is 9.85. The van der Waals surface area contributed by atoms with Gasteiger partial charge in [-0.05, 0) is 72.6 Å². The first-order valence-electron chi connectivity index (χ1n) is 8.29.